The van der Waals surface area contributed by atoms with Crippen LogP contribution in [0.3, 0.4) is 0 Å². The van der Waals surface area contributed by atoms with Crippen LogP contribution in [-0.4, -0.2) is 27.1 Å². The summed E-state index contributed by atoms with van der Waals surface area (Å²) in [4.78, 5) is 12.5. The van der Waals surface area contributed by atoms with Gasteiger partial charge in [-0.3, -0.25) is 9.48 Å². The minimum Gasteiger partial charge on any atom is -0.351 e. The molecule has 2 rings (SSSR count). The Labute approximate surface area is 110 Å². The number of alkyl halides is 1. The maximum absolute atomic E-state index is 12.1. The van der Waals surface area contributed by atoms with Crippen molar-refractivity contribution in [2.75, 3.05) is 6.54 Å². The van der Waals surface area contributed by atoms with Gasteiger partial charge in [-0.05, 0) is 32.6 Å². The molecule has 1 saturated carbocycles. The largest absolute Gasteiger partial charge is 0.351 e. The number of rotatable bonds is 4. The Balaban J connectivity index is 1.99. The normalized spacial score (nSPS) is 16.9. The third kappa shape index (κ3) is 2.70. The fraction of sp³-hybridized carbons (Fsp3) is 0.667. The van der Waals surface area contributed by atoms with Crippen LogP contribution in [0.4, 0.5) is 0 Å². The van der Waals surface area contributed by atoms with Crippen LogP contribution in [0.25, 0.3) is 0 Å². The Morgan fingerprint density at radius 2 is 2.24 bits per heavy atom. The van der Waals surface area contributed by atoms with Gasteiger partial charge in [-0.2, -0.15) is 5.10 Å². The summed E-state index contributed by atoms with van der Waals surface area (Å²) >= 11 is 3.61. The van der Waals surface area contributed by atoms with Crippen LogP contribution in [0.15, 0.2) is 0 Å². The first-order valence-electron chi connectivity index (χ1n) is 5.93. The van der Waals surface area contributed by atoms with E-state index in [0.29, 0.717) is 16.9 Å². The monoisotopic (exact) mass is 299 g/mol. The Kier molecular flexibility index (Phi) is 3.56. The van der Waals surface area contributed by atoms with E-state index >= 15 is 0 Å². The molecule has 1 amide bonds. The van der Waals surface area contributed by atoms with E-state index in [4.69, 9.17) is 0 Å². The van der Waals surface area contributed by atoms with Gasteiger partial charge in [0.15, 0.2) is 0 Å². The molecule has 1 unspecified atom stereocenters. The molecule has 94 valence electrons. The maximum Gasteiger partial charge on any atom is 0.255 e. The lowest BCUT2D eigenvalue weighted by Gasteiger charge is -2.10. The number of amides is 1. The number of aromatic nitrogens is 2. The molecular formula is C12H18BrN3O. The van der Waals surface area contributed by atoms with E-state index in [1.807, 2.05) is 20.9 Å². The number of hydrogen-bond donors (Lipinski definition) is 1. The van der Waals surface area contributed by atoms with E-state index in [1.54, 1.807) is 4.68 Å². The van der Waals surface area contributed by atoms with Gasteiger partial charge in [-0.1, -0.05) is 15.9 Å². The topological polar surface area (TPSA) is 46.9 Å². The van der Waals surface area contributed by atoms with Crippen molar-refractivity contribution in [1.82, 2.24) is 15.1 Å². The van der Waals surface area contributed by atoms with E-state index in [9.17, 15) is 4.79 Å². The van der Waals surface area contributed by atoms with Crippen LogP contribution in [-0.2, 0) is 7.05 Å². The van der Waals surface area contributed by atoms with Crippen LogP contribution in [0.2, 0.25) is 0 Å². The predicted molar refractivity (Wildman–Crippen MR) is 70.5 cm³/mol. The molecule has 1 atom stereocenters. The predicted octanol–water partition coefficient (Wildman–Crippen LogP) is 1.94. The zero-order valence-corrected chi connectivity index (χ0v) is 12.0. The highest BCUT2D eigenvalue weighted by molar-refractivity contribution is 9.09. The van der Waals surface area contributed by atoms with Crippen LogP contribution in [0.5, 0.6) is 0 Å². The zero-order chi connectivity index (χ0) is 12.6. The SMILES string of the molecule is Cc1nn(C)c(C)c1C(=O)NCC(Br)C1CC1. The van der Waals surface area contributed by atoms with Gasteiger partial charge in [0.2, 0.25) is 0 Å². The molecule has 0 spiro atoms. The highest BCUT2D eigenvalue weighted by Crippen LogP contribution is 2.36. The van der Waals surface area contributed by atoms with Gasteiger partial charge in [0, 0.05) is 24.1 Å². The summed E-state index contributed by atoms with van der Waals surface area (Å²) in [5.41, 5.74) is 2.42. The Bertz CT molecular complexity index is 437. The van der Waals surface area contributed by atoms with E-state index in [1.165, 1.54) is 12.8 Å². The molecule has 1 heterocycles. The molecule has 0 aromatic carbocycles. The van der Waals surface area contributed by atoms with Crippen molar-refractivity contribution in [2.24, 2.45) is 13.0 Å². The molecule has 0 saturated heterocycles. The fourth-order valence-electron chi connectivity index (χ4n) is 2.01. The van der Waals surface area contributed by atoms with Crippen molar-refractivity contribution in [3.63, 3.8) is 0 Å². The van der Waals surface area contributed by atoms with Crippen LogP contribution in [0, 0.1) is 19.8 Å². The van der Waals surface area contributed by atoms with Crippen molar-refractivity contribution >= 4 is 21.8 Å². The third-order valence-corrected chi connectivity index (χ3v) is 4.40. The van der Waals surface area contributed by atoms with Crippen LogP contribution in [0.1, 0.15) is 34.6 Å². The van der Waals surface area contributed by atoms with Gasteiger partial charge < -0.3 is 5.32 Å². The van der Waals surface area contributed by atoms with E-state index < -0.39 is 0 Å². The van der Waals surface area contributed by atoms with Crippen LogP contribution < -0.4 is 5.32 Å². The first-order valence-corrected chi connectivity index (χ1v) is 6.84. The third-order valence-electron chi connectivity index (χ3n) is 3.33. The summed E-state index contributed by atoms with van der Waals surface area (Å²) in [6.07, 6.45) is 2.55. The Hall–Kier alpha value is -0.840. The molecule has 1 aliphatic rings. The molecule has 5 heteroatoms. The summed E-state index contributed by atoms with van der Waals surface area (Å²) in [7, 11) is 1.86. The van der Waals surface area contributed by atoms with Gasteiger partial charge >= 0.3 is 0 Å². The minimum absolute atomic E-state index is 0.0156. The van der Waals surface area contributed by atoms with Gasteiger partial charge in [0.1, 0.15) is 0 Å². The first-order chi connectivity index (χ1) is 8.00. The molecule has 1 aromatic rings. The fourth-order valence-corrected chi connectivity index (χ4v) is 2.70. The van der Waals surface area contributed by atoms with Crippen LogP contribution >= 0.6 is 15.9 Å². The smallest absolute Gasteiger partial charge is 0.255 e. The lowest BCUT2D eigenvalue weighted by atomic mass is 10.2. The number of hydrogen-bond acceptors (Lipinski definition) is 2. The minimum atomic E-state index is -0.0156. The molecule has 1 fully saturated rings. The van der Waals surface area contributed by atoms with Gasteiger partial charge in [0.05, 0.1) is 11.3 Å². The molecule has 1 aliphatic carbocycles. The Morgan fingerprint density at radius 3 is 2.71 bits per heavy atom. The molecular weight excluding hydrogens is 282 g/mol. The molecule has 0 radical (unpaired) electrons. The number of carbonyl (C=O) groups excluding carboxylic acids is 1. The van der Waals surface area contributed by atoms with E-state index in [-0.39, 0.29) is 5.91 Å². The van der Waals surface area contributed by atoms with Crippen molar-refractivity contribution in [2.45, 2.75) is 31.5 Å². The van der Waals surface area contributed by atoms with E-state index in [0.717, 1.165) is 17.3 Å². The summed E-state index contributed by atoms with van der Waals surface area (Å²) in [5.74, 6) is 0.726. The summed E-state index contributed by atoms with van der Waals surface area (Å²) < 4.78 is 1.75. The lowest BCUT2D eigenvalue weighted by molar-refractivity contribution is 0.0952. The maximum atomic E-state index is 12.1. The highest BCUT2D eigenvalue weighted by Gasteiger charge is 2.29. The number of nitrogens with zero attached hydrogens (tertiary/aromatic N) is 2. The average molecular weight is 300 g/mol. The number of aryl methyl sites for hydroxylation is 2. The Morgan fingerprint density at radius 1 is 1.59 bits per heavy atom. The standard InChI is InChI=1S/C12H18BrN3O/c1-7-11(8(2)16(3)15-7)12(17)14-6-10(13)9-4-5-9/h9-10H,4-6H2,1-3H3,(H,14,17). The number of halogens is 1. The van der Waals surface area contributed by atoms with Gasteiger partial charge in [-0.15, -0.1) is 0 Å². The first kappa shape index (κ1) is 12.6. The van der Waals surface area contributed by atoms with Gasteiger partial charge in [-0.25, -0.2) is 0 Å². The summed E-state index contributed by atoms with van der Waals surface area (Å²) in [5, 5.41) is 7.23. The molecule has 0 bridgehead atoms. The second kappa shape index (κ2) is 4.80. The summed E-state index contributed by atoms with van der Waals surface area (Å²) in [6.45, 7) is 4.48. The second-order valence-electron chi connectivity index (χ2n) is 4.73. The molecule has 0 aliphatic heterocycles. The number of nitrogens with one attached hydrogen (secondary N) is 1. The number of carbonyl (C=O) groups is 1. The van der Waals surface area contributed by atoms with Crippen molar-refractivity contribution in [3.05, 3.63) is 17.0 Å². The van der Waals surface area contributed by atoms with Crippen molar-refractivity contribution in [3.8, 4) is 0 Å². The quantitative estimate of drug-likeness (QED) is 0.864. The van der Waals surface area contributed by atoms with Gasteiger partial charge in [0.25, 0.3) is 5.91 Å². The highest BCUT2D eigenvalue weighted by atomic mass is 79.9. The van der Waals surface area contributed by atoms with Crippen molar-refractivity contribution < 1.29 is 4.79 Å². The molecule has 4 nitrogen and oxygen atoms in total. The second-order valence-corrected chi connectivity index (χ2v) is 5.91. The average Bonchev–Trinajstić information content (AvgIpc) is 3.06. The van der Waals surface area contributed by atoms with Crippen molar-refractivity contribution in [1.29, 1.82) is 0 Å². The summed E-state index contributed by atoms with van der Waals surface area (Å²) in [6, 6.07) is 0. The molecule has 1 aromatic heterocycles. The molecule has 1 N–H and O–H groups in total. The van der Waals surface area contributed by atoms with E-state index in [2.05, 4.69) is 26.3 Å². The molecule has 17 heavy (non-hydrogen) atoms. The lowest BCUT2D eigenvalue weighted by Crippen LogP contribution is -2.31. The zero-order valence-electron chi connectivity index (χ0n) is 10.5.